The molecule has 1 atom stereocenters. The smallest absolute Gasteiger partial charge is 0.103 e. The van der Waals surface area contributed by atoms with E-state index < -0.39 is 6.10 Å². The molecule has 0 aliphatic heterocycles. The van der Waals surface area contributed by atoms with Crippen LogP contribution in [-0.4, -0.2) is 35.1 Å². The van der Waals surface area contributed by atoms with Crippen molar-refractivity contribution in [3.8, 4) is 0 Å². The summed E-state index contributed by atoms with van der Waals surface area (Å²) in [5.41, 5.74) is 7.29. The number of benzene rings is 1. The number of hydrogen-bond donors (Lipinski definition) is 2. The predicted molar refractivity (Wildman–Crippen MR) is 84.3 cm³/mol. The zero-order valence-electron chi connectivity index (χ0n) is 11.8. The normalized spacial score (nSPS) is 12.6. The molecule has 0 aliphatic rings. The minimum Gasteiger partial charge on any atom is -0.389 e. The van der Waals surface area contributed by atoms with Crippen molar-refractivity contribution in [3.63, 3.8) is 0 Å². The summed E-state index contributed by atoms with van der Waals surface area (Å²) in [6, 6.07) is 7.49. The van der Waals surface area contributed by atoms with E-state index in [1.165, 1.54) is 19.3 Å². The van der Waals surface area contributed by atoms with E-state index in [0.29, 0.717) is 11.5 Å². The first-order valence-electron chi connectivity index (χ1n) is 6.81. The van der Waals surface area contributed by atoms with Gasteiger partial charge in [-0.15, -0.1) is 0 Å². The molecule has 0 saturated heterocycles. The van der Waals surface area contributed by atoms with E-state index in [-0.39, 0.29) is 0 Å². The number of hydrogen-bond acceptors (Lipinski definition) is 3. The highest BCUT2D eigenvalue weighted by atomic mass is 32.1. The van der Waals surface area contributed by atoms with E-state index in [1.807, 2.05) is 31.3 Å². The molecule has 1 aromatic carbocycles. The molecule has 1 aromatic rings. The van der Waals surface area contributed by atoms with Gasteiger partial charge in [0.1, 0.15) is 4.99 Å². The zero-order chi connectivity index (χ0) is 14.3. The number of unbranched alkanes of at least 4 members (excludes halogenated alkanes) is 2. The van der Waals surface area contributed by atoms with Crippen LogP contribution in [0.5, 0.6) is 0 Å². The largest absolute Gasteiger partial charge is 0.389 e. The summed E-state index contributed by atoms with van der Waals surface area (Å²) < 4.78 is 0. The highest BCUT2D eigenvalue weighted by Gasteiger charge is 2.10. The van der Waals surface area contributed by atoms with Crippen molar-refractivity contribution in [2.75, 3.05) is 20.1 Å². The van der Waals surface area contributed by atoms with Gasteiger partial charge < -0.3 is 15.7 Å². The quantitative estimate of drug-likeness (QED) is 0.567. The molecule has 0 radical (unpaired) electrons. The Balaban J connectivity index is 2.48. The van der Waals surface area contributed by atoms with Crippen molar-refractivity contribution in [1.82, 2.24) is 4.90 Å². The van der Waals surface area contributed by atoms with Crippen molar-refractivity contribution >= 4 is 17.2 Å². The summed E-state index contributed by atoms with van der Waals surface area (Å²) >= 11 is 4.91. The van der Waals surface area contributed by atoms with Crippen molar-refractivity contribution in [2.24, 2.45) is 5.73 Å². The maximum atomic E-state index is 10.2. The minimum absolute atomic E-state index is 0.387. The van der Waals surface area contributed by atoms with Crippen LogP contribution in [-0.2, 0) is 0 Å². The topological polar surface area (TPSA) is 49.5 Å². The molecule has 0 saturated carbocycles. The van der Waals surface area contributed by atoms with Gasteiger partial charge in [0, 0.05) is 12.1 Å². The van der Waals surface area contributed by atoms with E-state index in [0.717, 1.165) is 17.7 Å². The van der Waals surface area contributed by atoms with Crippen LogP contribution in [0.3, 0.4) is 0 Å². The fraction of sp³-hybridized carbons (Fsp3) is 0.533. The number of rotatable bonds is 8. The third-order valence-corrected chi connectivity index (χ3v) is 3.44. The molecule has 106 valence electrons. The third-order valence-electron chi connectivity index (χ3n) is 3.21. The molecule has 0 heterocycles. The van der Waals surface area contributed by atoms with Crippen molar-refractivity contribution in [2.45, 2.75) is 32.3 Å². The molecular weight excluding hydrogens is 256 g/mol. The second-order valence-corrected chi connectivity index (χ2v) is 5.41. The Labute approximate surface area is 121 Å². The number of aliphatic hydroxyl groups is 1. The highest BCUT2D eigenvalue weighted by Crippen LogP contribution is 2.15. The molecule has 19 heavy (non-hydrogen) atoms. The molecule has 0 bridgehead atoms. The molecule has 0 aromatic heterocycles. The van der Waals surface area contributed by atoms with Gasteiger partial charge in [-0.05, 0) is 25.6 Å². The summed E-state index contributed by atoms with van der Waals surface area (Å²) in [5.74, 6) is 0. The van der Waals surface area contributed by atoms with Gasteiger partial charge in [0.2, 0.25) is 0 Å². The van der Waals surface area contributed by atoms with E-state index in [2.05, 4.69) is 11.8 Å². The zero-order valence-corrected chi connectivity index (χ0v) is 12.6. The third kappa shape index (κ3) is 5.68. The standard InChI is InChI=1S/C15H24N2OS/c1-3-4-5-10-17(2)11-14(18)12-6-8-13(9-7-12)15(16)19/h6-9,14,18H,3-5,10-11H2,1-2H3,(H2,16,19). The Morgan fingerprint density at radius 1 is 1.32 bits per heavy atom. The van der Waals surface area contributed by atoms with Crippen molar-refractivity contribution < 1.29 is 5.11 Å². The van der Waals surface area contributed by atoms with Crippen LogP contribution in [0, 0.1) is 0 Å². The summed E-state index contributed by atoms with van der Waals surface area (Å²) in [4.78, 5) is 2.56. The van der Waals surface area contributed by atoms with Crippen LogP contribution in [0.1, 0.15) is 43.4 Å². The first kappa shape index (κ1) is 16.1. The number of likely N-dealkylation sites (N-methyl/N-ethyl adjacent to an activating group) is 1. The second-order valence-electron chi connectivity index (χ2n) is 4.97. The van der Waals surface area contributed by atoms with E-state index in [1.54, 1.807) is 0 Å². The van der Waals surface area contributed by atoms with Gasteiger partial charge in [-0.2, -0.15) is 0 Å². The fourth-order valence-corrected chi connectivity index (χ4v) is 2.13. The average Bonchev–Trinajstić information content (AvgIpc) is 2.39. The van der Waals surface area contributed by atoms with E-state index in [9.17, 15) is 5.11 Å². The summed E-state index contributed by atoms with van der Waals surface area (Å²) in [5, 5.41) is 10.2. The lowest BCUT2D eigenvalue weighted by Crippen LogP contribution is -2.25. The van der Waals surface area contributed by atoms with Crippen LogP contribution in [0.4, 0.5) is 0 Å². The van der Waals surface area contributed by atoms with Crippen molar-refractivity contribution in [1.29, 1.82) is 0 Å². The summed E-state index contributed by atoms with van der Waals surface area (Å²) in [6.07, 6.45) is 3.17. The molecule has 4 heteroatoms. The van der Waals surface area contributed by atoms with Gasteiger partial charge in [0.05, 0.1) is 6.10 Å². The van der Waals surface area contributed by atoms with Crippen LogP contribution < -0.4 is 5.73 Å². The molecular formula is C15H24N2OS. The number of nitrogens with zero attached hydrogens (tertiary/aromatic N) is 1. The summed E-state index contributed by atoms with van der Waals surface area (Å²) in [6.45, 7) is 3.87. The number of thiocarbonyl (C=S) groups is 1. The lowest BCUT2D eigenvalue weighted by atomic mass is 10.1. The molecule has 0 aliphatic carbocycles. The second kappa shape index (κ2) is 8.25. The van der Waals surface area contributed by atoms with Crippen LogP contribution in [0.15, 0.2) is 24.3 Å². The fourth-order valence-electron chi connectivity index (χ4n) is 1.99. The molecule has 0 fully saturated rings. The Kier molecular flexibility index (Phi) is 6.99. The first-order chi connectivity index (χ1) is 9.04. The lowest BCUT2D eigenvalue weighted by Gasteiger charge is -2.20. The minimum atomic E-state index is -0.466. The SMILES string of the molecule is CCCCCN(C)CC(O)c1ccc(C(N)=S)cc1. The number of nitrogens with two attached hydrogens (primary N) is 1. The van der Waals surface area contributed by atoms with Gasteiger partial charge in [-0.3, -0.25) is 0 Å². The van der Waals surface area contributed by atoms with Crippen LogP contribution in [0.2, 0.25) is 0 Å². The van der Waals surface area contributed by atoms with Gasteiger partial charge in [-0.1, -0.05) is 56.2 Å². The van der Waals surface area contributed by atoms with Crippen LogP contribution in [0.25, 0.3) is 0 Å². The van der Waals surface area contributed by atoms with Gasteiger partial charge in [-0.25, -0.2) is 0 Å². The predicted octanol–water partition coefficient (Wildman–Crippen LogP) is 2.48. The Morgan fingerprint density at radius 2 is 1.95 bits per heavy atom. The maximum absolute atomic E-state index is 10.2. The van der Waals surface area contributed by atoms with Gasteiger partial charge in [0.25, 0.3) is 0 Å². The maximum Gasteiger partial charge on any atom is 0.103 e. The van der Waals surface area contributed by atoms with Gasteiger partial charge in [0.15, 0.2) is 0 Å². The molecule has 3 N–H and O–H groups in total. The molecule has 0 spiro atoms. The Bertz CT molecular complexity index is 392. The monoisotopic (exact) mass is 280 g/mol. The summed E-state index contributed by atoms with van der Waals surface area (Å²) in [7, 11) is 2.04. The molecule has 3 nitrogen and oxygen atoms in total. The Morgan fingerprint density at radius 3 is 2.47 bits per heavy atom. The average molecular weight is 280 g/mol. The molecule has 1 rings (SSSR count). The molecule has 1 unspecified atom stereocenters. The first-order valence-corrected chi connectivity index (χ1v) is 7.21. The van der Waals surface area contributed by atoms with Crippen LogP contribution >= 0.6 is 12.2 Å². The lowest BCUT2D eigenvalue weighted by molar-refractivity contribution is 0.126. The van der Waals surface area contributed by atoms with Crippen molar-refractivity contribution in [3.05, 3.63) is 35.4 Å². The highest BCUT2D eigenvalue weighted by molar-refractivity contribution is 7.80. The molecule has 0 amide bonds. The number of aliphatic hydroxyl groups excluding tert-OH is 1. The van der Waals surface area contributed by atoms with E-state index >= 15 is 0 Å². The van der Waals surface area contributed by atoms with Gasteiger partial charge >= 0.3 is 0 Å². The van der Waals surface area contributed by atoms with E-state index in [4.69, 9.17) is 18.0 Å². The Hall–Kier alpha value is -0.970.